The predicted molar refractivity (Wildman–Crippen MR) is 109 cm³/mol. The van der Waals surface area contributed by atoms with Gasteiger partial charge in [-0.3, -0.25) is 9.59 Å². The number of tetrazole rings is 1. The van der Waals surface area contributed by atoms with E-state index in [1.807, 2.05) is 11.0 Å². The summed E-state index contributed by atoms with van der Waals surface area (Å²) in [6, 6.07) is 13.5. The lowest BCUT2D eigenvalue weighted by molar-refractivity contribution is -0.134. The molecule has 1 saturated heterocycles. The third-order valence-corrected chi connectivity index (χ3v) is 5.99. The maximum absolute atomic E-state index is 13.1. The summed E-state index contributed by atoms with van der Waals surface area (Å²) in [6.07, 6.45) is 2.28. The Morgan fingerprint density at radius 1 is 0.968 bits per heavy atom. The fourth-order valence-corrected chi connectivity index (χ4v) is 4.15. The average molecular weight is 420 g/mol. The molecule has 8 nitrogen and oxygen atoms in total. The zero-order valence-corrected chi connectivity index (χ0v) is 16.8. The summed E-state index contributed by atoms with van der Waals surface area (Å²) in [5.74, 6) is -0.0845. The van der Waals surface area contributed by atoms with E-state index < -0.39 is 0 Å². The molecule has 1 aliphatic carbocycles. The Kier molecular flexibility index (Phi) is 4.93. The predicted octanol–water partition coefficient (Wildman–Crippen LogP) is 1.89. The molecule has 2 fully saturated rings. The second-order valence-corrected chi connectivity index (χ2v) is 7.92. The monoisotopic (exact) mass is 420 g/mol. The first kappa shape index (κ1) is 19.3. The number of aromatic nitrogens is 4. The first-order chi connectivity index (χ1) is 15.1. The molecule has 2 heterocycles. The minimum absolute atomic E-state index is 0.0410. The van der Waals surface area contributed by atoms with Gasteiger partial charge in [0.1, 0.15) is 12.1 Å². The standard InChI is InChI=1S/C22H21FN6O2/c23-17-6-4-15(5-7-17)19-13-20(19)22(31)28-10-8-27(9-11-28)21(30)16-2-1-3-18(12-16)29-14-24-25-26-29/h1-7,12,14,19-20H,8-11,13H2. The number of carbonyl (C=O) groups is 2. The highest BCUT2D eigenvalue weighted by Crippen LogP contribution is 2.48. The highest BCUT2D eigenvalue weighted by molar-refractivity contribution is 5.95. The van der Waals surface area contributed by atoms with Gasteiger partial charge in [0, 0.05) is 37.7 Å². The first-order valence-electron chi connectivity index (χ1n) is 10.3. The molecular weight excluding hydrogens is 399 g/mol. The van der Waals surface area contributed by atoms with E-state index in [2.05, 4.69) is 15.5 Å². The molecule has 5 rings (SSSR count). The molecular formula is C22H21FN6O2. The fourth-order valence-electron chi connectivity index (χ4n) is 4.15. The second-order valence-electron chi connectivity index (χ2n) is 7.92. The Balaban J connectivity index is 1.18. The van der Waals surface area contributed by atoms with E-state index in [4.69, 9.17) is 0 Å². The molecule has 2 atom stereocenters. The van der Waals surface area contributed by atoms with Crippen LogP contribution in [0, 0.1) is 11.7 Å². The average Bonchev–Trinajstić information content (AvgIpc) is 3.42. The third-order valence-electron chi connectivity index (χ3n) is 5.99. The van der Waals surface area contributed by atoms with Gasteiger partial charge < -0.3 is 9.80 Å². The zero-order chi connectivity index (χ0) is 21.4. The molecule has 9 heteroatoms. The van der Waals surface area contributed by atoms with E-state index in [1.165, 1.54) is 23.1 Å². The second kappa shape index (κ2) is 7.90. The summed E-state index contributed by atoms with van der Waals surface area (Å²) < 4.78 is 14.6. The Labute approximate surface area is 178 Å². The summed E-state index contributed by atoms with van der Waals surface area (Å²) in [5, 5.41) is 11.1. The van der Waals surface area contributed by atoms with Crippen LogP contribution in [0.4, 0.5) is 4.39 Å². The van der Waals surface area contributed by atoms with Crippen molar-refractivity contribution in [1.29, 1.82) is 0 Å². The number of hydrogen-bond acceptors (Lipinski definition) is 5. The Bertz CT molecular complexity index is 1090. The van der Waals surface area contributed by atoms with Crippen molar-refractivity contribution in [2.75, 3.05) is 26.2 Å². The van der Waals surface area contributed by atoms with Gasteiger partial charge in [0.2, 0.25) is 5.91 Å². The fraction of sp³-hybridized carbons (Fsp3) is 0.318. The van der Waals surface area contributed by atoms with Crippen LogP contribution in [0.2, 0.25) is 0 Å². The summed E-state index contributed by atoms with van der Waals surface area (Å²) in [6.45, 7) is 2.02. The molecule has 158 valence electrons. The van der Waals surface area contributed by atoms with Gasteiger partial charge in [-0.05, 0) is 58.7 Å². The van der Waals surface area contributed by atoms with Crippen LogP contribution in [0.1, 0.15) is 28.3 Å². The molecule has 31 heavy (non-hydrogen) atoms. The minimum atomic E-state index is -0.267. The van der Waals surface area contributed by atoms with Gasteiger partial charge in [0.25, 0.3) is 5.91 Å². The van der Waals surface area contributed by atoms with Crippen molar-refractivity contribution < 1.29 is 14.0 Å². The number of halogens is 1. The molecule has 2 aromatic carbocycles. The van der Waals surface area contributed by atoms with Gasteiger partial charge in [0.15, 0.2) is 0 Å². The van der Waals surface area contributed by atoms with Crippen LogP contribution in [0.3, 0.4) is 0 Å². The number of nitrogens with zero attached hydrogens (tertiary/aromatic N) is 6. The van der Waals surface area contributed by atoms with Crippen LogP contribution < -0.4 is 0 Å². The quantitative estimate of drug-likeness (QED) is 0.644. The largest absolute Gasteiger partial charge is 0.339 e. The van der Waals surface area contributed by atoms with Crippen molar-refractivity contribution in [2.45, 2.75) is 12.3 Å². The Morgan fingerprint density at radius 3 is 2.42 bits per heavy atom. The van der Waals surface area contributed by atoms with Crippen LogP contribution in [0.25, 0.3) is 5.69 Å². The molecule has 0 spiro atoms. The van der Waals surface area contributed by atoms with Gasteiger partial charge in [-0.15, -0.1) is 5.10 Å². The van der Waals surface area contributed by atoms with Crippen LogP contribution >= 0.6 is 0 Å². The highest BCUT2D eigenvalue weighted by atomic mass is 19.1. The molecule has 1 aliphatic heterocycles. The van der Waals surface area contributed by atoms with E-state index in [0.29, 0.717) is 37.4 Å². The lowest BCUT2D eigenvalue weighted by atomic mass is 10.1. The number of rotatable bonds is 4. The molecule has 3 aromatic rings. The maximum Gasteiger partial charge on any atom is 0.254 e. The van der Waals surface area contributed by atoms with Gasteiger partial charge in [-0.1, -0.05) is 18.2 Å². The molecule has 0 bridgehead atoms. The SMILES string of the molecule is O=C(c1cccc(-n2cnnn2)c1)N1CCN(C(=O)C2CC2c2ccc(F)cc2)CC1. The highest BCUT2D eigenvalue weighted by Gasteiger charge is 2.46. The summed E-state index contributed by atoms with van der Waals surface area (Å²) in [7, 11) is 0. The zero-order valence-electron chi connectivity index (χ0n) is 16.8. The van der Waals surface area contributed by atoms with E-state index in [1.54, 1.807) is 35.2 Å². The Hall–Kier alpha value is -3.62. The lowest BCUT2D eigenvalue weighted by Crippen LogP contribution is -2.51. The van der Waals surface area contributed by atoms with Gasteiger partial charge in [0.05, 0.1) is 5.69 Å². The topological polar surface area (TPSA) is 84.2 Å². The molecule has 1 aromatic heterocycles. The van der Waals surface area contributed by atoms with Gasteiger partial charge in [-0.25, -0.2) is 9.07 Å². The van der Waals surface area contributed by atoms with E-state index in [-0.39, 0.29) is 29.5 Å². The van der Waals surface area contributed by atoms with Crippen LogP contribution in [0.5, 0.6) is 0 Å². The molecule has 2 amide bonds. The van der Waals surface area contributed by atoms with Crippen LogP contribution in [-0.4, -0.2) is 68.0 Å². The van der Waals surface area contributed by atoms with E-state index >= 15 is 0 Å². The number of benzene rings is 2. The van der Waals surface area contributed by atoms with E-state index in [9.17, 15) is 14.0 Å². The van der Waals surface area contributed by atoms with Gasteiger partial charge in [-0.2, -0.15) is 0 Å². The van der Waals surface area contributed by atoms with E-state index in [0.717, 1.165) is 12.0 Å². The molecule has 0 radical (unpaired) electrons. The first-order valence-corrected chi connectivity index (χ1v) is 10.3. The molecule has 0 N–H and O–H groups in total. The van der Waals surface area contributed by atoms with Crippen molar-refractivity contribution in [3.63, 3.8) is 0 Å². The maximum atomic E-state index is 13.1. The van der Waals surface area contributed by atoms with Crippen molar-refractivity contribution >= 4 is 11.8 Å². The van der Waals surface area contributed by atoms with Crippen LogP contribution in [0.15, 0.2) is 54.9 Å². The number of amides is 2. The third kappa shape index (κ3) is 3.90. The summed E-state index contributed by atoms with van der Waals surface area (Å²) >= 11 is 0. The smallest absolute Gasteiger partial charge is 0.254 e. The summed E-state index contributed by atoms with van der Waals surface area (Å²) in [4.78, 5) is 29.4. The van der Waals surface area contributed by atoms with Crippen LogP contribution in [-0.2, 0) is 4.79 Å². The molecule has 2 unspecified atom stereocenters. The number of carbonyl (C=O) groups excluding carboxylic acids is 2. The van der Waals surface area contributed by atoms with Crippen molar-refractivity contribution in [1.82, 2.24) is 30.0 Å². The van der Waals surface area contributed by atoms with Crippen molar-refractivity contribution in [3.05, 3.63) is 71.8 Å². The number of piperazine rings is 1. The lowest BCUT2D eigenvalue weighted by Gasteiger charge is -2.35. The molecule has 2 aliphatic rings. The van der Waals surface area contributed by atoms with Crippen molar-refractivity contribution in [3.8, 4) is 5.69 Å². The van der Waals surface area contributed by atoms with Gasteiger partial charge >= 0.3 is 0 Å². The molecule has 1 saturated carbocycles. The Morgan fingerprint density at radius 2 is 1.71 bits per heavy atom. The minimum Gasteiger partial charge on any atom is -0.339 e. The van der Waals surface area contributed by atoms with Crippen molar-refractivity contribution in [2.24, 2.45) is 5.92 Å². The number of hydrogen-bond donors (Lipinski definition) is 0. The normalized spacial score (nSPS) is 20.5. The summed E-state index contributed by atoms with van der Waals surface area (Å²) in [5.41, 5.74) is 2.28.